The lowest BCUT2D eigenvalue weighted by atomic mass is 10.2. The molecule has 0 aliphatic rings. The van der Waals surface area contributed by atoms with Gasteiger partial charge in [-0.05, 0) is 23.8 Å². The summed E-state index contributed by atoms with van der Waals surface area (Å²) < 4.78 is 8.37. The number of fused-ring (bicyclic) bond motifs is 1. The van der Waals surface area contributed by atoms with Crippen LogP contribution in [0.3, 0.4) is 0 Å². The Morgan fingerprint density at radius 3 is 2.67 bits per heavy atom. The van der Waals surface area contributed by atoms with Crippen LogP contribution in [0.1, 0.15) is 12.5 Å². The van der Waals surface area contributed by atoms with Crippen molar-refractivity contribution in [3.63, 3.8) is 0 Å². The summed E-state index contributed by atoms with van der Waals surface area (Å²) in [6.45, 7) is 2.15. The summed E-state index contributed by atoms with van der Waals surface area (Å²) in [5, 5.41) is 0.926. The van der Waals surface area contributed by atoms with E-state index in [1.54, 1.807) is 0 Å². The molecular weight excluding hydrogens is 330 g/mol. The highest BCUT2D eigenvalue weighted by atomic mass is 79.9. The topological polar surface area (TPSA) is 31.2 Å². The number of esters is 1. The average Bonchev–Trinajstić information content (AvgIpc) is 2.77. The van der Waals surface area contributed by atoms with Crippen molar-refractivity contribution in [3.8, 4) is 5.75 Å². The molecule has 0 radical (unpaired) electrons. The van der Waals surface area contributed by atoms with Crippen molar-refractivity contribution < 1.29 is 9.53 Å². The molecule has 3 aromatic rings. The molecule has 0 saturated heterocycles. The van der Waals surface area contributed by atoms with E-state index < -0.39 is 0 Å². The Balaban J connectivity index is 2.08. The predicted octanol–water partition coefficient (Wildman–Crippen LogP) is 4.38. The number of halogens is 1. The van der Waals surface area contributed by atoms with Gasteiger partial charge in [-0.2, -0.15) is 0 Å². The van der Waals surface area contributed by atoms with Gasteiger partial charge in [0.1, 0.15) is 0 Å². The fourth-order valence-electron chi connectivity index (χ4n) is 2.38. The fraction of sp³-hybridized carbons (Fsp3) is 0.118. The third-order valence-electron chi connectivity index (χ3n) is 3.26. The molecular formula is C17H14BrNO2. The largest absolute Gasteiger partial charge is 0.424 e. The van der Waals surface area contributed by atoms with Gasteiger partial charge in [0, 0.05) is 29.5 Å². The number of carbonyl (C=O) groups is 1. The van der Waals surface area contributed by atoms with Gasteiger partial charge in [0.25, 0.3) is 0 Å². The lowest BCUT2D eigenvalue weighted by Crippen LogP contribution is -2.01. The molecule has 0 atom stereocenters. The molecule has 0 aliphatic carbocycles. The zero-order valence-corrected chi connectivity index (χ0v) is 13.1. The van der Waals surface area contributed by atoms with Gasteiger partial charge in [-0.15, -0.1) is 0 Å². The van der Waals surface area contributed by atoms with Gasteiger partial charge in [-0.1, -0.05) is 46.3 Å². The Morgan fingerprint density at radius 2 is 1.95 bits per heavy atom. The van der Waals surface area contributed by atoms with E-state index in [4.69, 9.17) is 4.74 Å². The van der Waals surface area contributed by atoms with Crippen molar-refractivity contribution >= 4 is 32.8 Å². The van der Waals surface area contributed by atoms with E-state index in [9.17, 15) is 4.79 Å². The maximum Gasteiger partial charge on any atom is 0.308 e. The minimum Gasteiger partial charge on any atom is -0.424 e. The van der Waals surface area contributed by atoms with Crippen LogP contribution in [0, 0.1) is 0 Å². The second-order valence-electron chi connectivity index (χ2n) is 4.86. The molecule has 0 amide bonds. The van der Waals surface area contributed by atoms with Crippen LogP contribution in [0.4, 0.5) is 0 Å². The Hall–Kier alpha value is -2.07. The van der Waals surface area contributed by atoms with E-state index in [1.165, 1.54) is 12.5 Å². The average molecular weight is 344 g/mol. The van der Waals surface area contributed by atoms with E-state index in [0.717, 1.165) is 21.9 Å². The van der Waals surface area contributed by atoms with Crippen LogP contribution in [0.15, 0.2) is 59.2 Å². The quantitative estimate of drug-likeness (QED) is 0.661. The summed E-state index contributed by atoms with van der Waals surface area (Å²) in [5.74, 6) is 0.281. The Morgan fingerprint density at radius 1 is 1.19 bits per heavy atom. The SMILES string of the molecule is CC(=O)Oc1cn(Cc2ccccc2)c2ccc(Br)cc12. The zero-order valence-electron chi connectivity index (χ0n) is 11.5. The molecule has 0 aliphatic heterocycles. The van der Waals surface area contributed by atoms with Crippen molar-refractivity contribution in [1.82, 2.24) is 4.57 Å². The first-order chi connectivity index (χ1) is 10.1. The summed E-state index contributed by atoms with van der Waals surface area (Å²) in [5.41, 5.74) is 2.24. The monoisotopic (exact) mass is 343 g/mol. The van der Waals surface area contributed by atoms with Crippen molar-refractivity contribution in [1.29, 1.82) is 0 Å². The number of benzene rings is 2. The summed E-state index contributed by atoms with van der Waals surface area (Å²) in [4.78, 5) is 11.3. The highest BCUT2D eigenvalue weighted by Gasteiger charge is 2.12. The summed E-state index contributed by atoms with van der Waals surface area (Å²) in [6, 6.07) is 16.2. The van der Waals surface area contributed by atoms with E-state index >= 15 is 0 Å². The third kappa shape index (κ3) is 3.00. The number of carbonyl (C=O) groups excluding carboxylic acids is 1. The van der Waals surface area contributed by atoms with Crippen LogP contribution < -0.4 is 4.74 Å². The smallest absolute Gasteiger partial charge is 0.308 e. The second kappa shape index (κ2) is 5.74. The molecule has 0 unspecified atom stereocenters. The maximum atomic E-state index is 11.3. The number of hydrogen-bond donors (Lipinski definition) is 0. The molecule has 106 valence electrons. The van der Waals surface area contributed by atoms with E-state index in [1.807, 2.05) is 42.6 Å². The van der Waals surface area contributed by atoms with Crippen LogP contribution in [0.2, 0.25) is 0 Å². The fourth-order valence-corrected chi connectivity index (χ4v) is 2.74. The van der Waals surface area contributed by atoms with Crippen LogP contribution in [0.25, 0.3) is 10.9 Å². The molecule has 0 fully saturated rings. The van der Waals surface area contributed by atoms with Gasteiger partial charge in [-0.25, -0.2) is 0 Å². The molecule has 21 heavy (non-hydrogen) atoms. The number of rotatable bonds is 3. The van der Waals surface area contributed by atoms with Crippen LogP contribution in [0.5, 0.6) is 5.75 Å². The lowest BCUT2D eigenvalue weighted by Gasteiger charge is -2.05. The molecule has 1 heterocycles. The standard InChI is InChI=1S/C17H14BrNO2/c1-12(20)21-17-11-19(10-13-5-3-2-4-6-13)16-8-7-14(18)9-15(16)17/h2-9,11H,10H2,1H3. The Labute approximate surface area is 131 Å². The normalized spacial score (nSPS) is 10.8. The highest BCUT2D eigenvalue weighted by Crippen LogP contribution is 2.31. The first-order valence-electron chi connectivity index (χ1n) is 6.64. The molecule has 0 N–H and O–H groups in total. The predicted molar refractivity (Wildman–Crippen MR) is 86.5 cm³/mol. The van der Waals surface area contributed by atoms with Crippen molar-refractivity contribution in [2.75, 3.05) is 0 Å². The van der Waals surface area contributed by atoms with E-state index in [-0.39, 0.29) is 5.97 Å². The molecule has 1 aromatic heterocycles. The van der Waals surface area contributed by atoms with Gasteiger partial charge in [0.15, 0.2) is 5.75 Å². The second-order valence-corrected chi connectivity index (χ2v) is 5.78. The first kappa shape index (κ1) is 13.9. The van der Waals surface area contributed by atoms with Crippen LogP contribution >= 0.6 is 15.9 Å². The molecule has 0 saturated carbocycles. The number of hydrogen-bond acceptors (Lipinski definition) is 2. The highest BCUT2D eigenvalue weighted by molar-refractivity contribution is 9.10. The van der Waals surface area contributed by atoms with Crippen molar-refractivity contribution in [2.45, 2.75) is 13.5 Å². The Bertz CT molecular complexity index is 793. The first-order valence-corrected chi connectivity index (χ1v) is 7.43. The molecule has 0 spiro atoms. The number of ether oxygens (including phenoxy) is 1. The molecule has 0 bridgehead atoms. The number of nitrogens with zero attached hydrogens (tertiary/aromatic N) is 1. The summed E-state index contributed by atoms with van der Waals surface area (Å²) in [6.07, 6.45) is 1.88. The van der Waals surface area contributed by atoms with Gasteiger partial charge in [-0.3, -0.25) is 4.79 Å². The number of aromatic nitrogens is 1. The molecule has 4 heteroatoms. The van der Waals surface area contributed by atoms with E-state index in [2.05, 4.69) is 32.6 Å². The third-order valence-corrected chi connectivity index (χ3v) is 3.75. The van der Waals surface area contributed by atoms with Crippen molar-refractivity contribution in [2.24, 2.45) is 0 Å². The van der Waals surface area contributed by atoms with Crippen LogP contribution in [-0.2, 0) is 11.3 Å². The Kier molecular flexibility index (Phi) is 3.80. The minimum atomic E-state index is -0.311. The van der Waals surface area contributed by atoms with Gasteiger partial charge >= 0.3 is 5.97 Å². The molecule has 3 rings (SSSR count). The summed E-state index contributed by atoms with van der Waals surface area (Å²) >= 11 is 3.46. The van der Waals surface area contributed by atoms with Gasteiger partial charge in [0.05, 0.1) is 5.52 Å². The van der Waals surface area contributed by atoms with Gasteiger partial charge < -0.3 is 9.30 Å². The van der Waals surface area contributed by atoms with E-state index in [0.29, 0.717) is 5.75 Å². The molecule has 2 aromatic carbocycles. The van der Waals surface area contributed by atoms with Crippen LogP contribution in [-0.4, -0.2) is 10.5 Å². The molecule has 3 nitrogen and oxygen atoms in total. The lowest BCUT2D eigenvalue weighted by molar-refractivity contribution is -0.131. The van der Waals surface area contributed by atoms with Crippen molar-refractivity contribution in [3.05, 3.63) is 64.8 Å². The summed E-state index contributed by atoms with van der Waals surface area (Å²) in [7, 11) is 0. The van der Waals surface area contributed by atoms with Gasteiger partial charge in [0.2, 0.25) is 0 Å². The minimum absolute atomic E-state index is 0.311. The maximum absolute atomic E-state index is 11.3. The zero-order chi connectivity index (χ0) is 14.8.